The molecule has 3 rings (SSSR count). The molecular formula is C11H7S3+. The second kappa shape index (κ2) is 3.42. The molecule has 0 unspecified atom stereocenters. The minimum atomic E-state index is 1.33. The molecule has 1 heterocycles. The molecule has 2 aromatic carbocycles. The van der Waals surface area contributed by atoms with Crippen LogP contribution in [-0.4, -0.2) is 0 Å². The molecule has 14 heavy (non-hydrogen) atoms. The standard InChI is InChI=1S/C11H7S3/c1-2-6-9-8(4-1)5-3-7-10(9)11-12-14-13-11/h1-7H/q+1. The number of fused-ring (bicyclic) bond motifs is 1. The molecule has 0 radical (unpaired) electrons. The molecule has 0 fully saturated rings. The van der Waals surface area contributed by atoms with E-state index in [1.54, 1.807) is 0 Å². The van der Waals surface area contributed by atoms with Gasteiger partial charge in [0.25, 0.3) is 0 Å². The SMILES string of the molecule is c1ccc2c(-c3ss[s+]3)cccc2c1. The van der Waals surface area contributed by atoms with Gasteiger partial charge in [0.2, 0.25) is 4.19 Å². The predicted octanol–water partition coefficient (Wildman–Crippen LogP) is 4.97. The molecule has 1 aromatic heterocycles. The van der Waals surface area contributed by atoms with Crippen molar-refractivity contribution in [1.29, 1.82) is 0 Å². The van der Waals surface area contributed by atoms with Gasteiger partial charge in [0.05, 0.1) is 0 Å². The Morgan fingerprint density at radius 3 is 2.50 bits per heavy atom. The summed E-state index contributed by atoms with van der Waals surface area (Å²) in [6.45, 7) is 0. The van der Waals surface area contributed by atoms with Gasteiger partial charge in [-0.05, 0) is 16.8 Å². The van der Waals surface area contributed by atoms with Gasteiger partial charge < -0.3 is 0 Å². The molecule has 0 aliphatic rings. The molecule has 0 spiro atoms. The van der Waals surface area contributed by atoms with Crippen LogP contribution in [0, 0.1) is 0 Å². The maximum Gasteiger partial charge on any atom is 0.247 e. The average molecular weight is 235 g/mol. The lowest BCUT2D eigenvalue weighted by atomic mass is 10.1. The highest BCUT2D eigenvalue weighted by molar-refractivity contribution is 8.03. The fraction of sp³-hybridized carbons (Fsp3) is 0. The van der Waals surface area contributed by atoms with Crippen molar-refractivity contribution in [3.05, 3.63) is 42.5 Å². The van der Waals surface area contributed by atoms with E-state index in [2.05, 4.69) is 42.5 Å². The van der Waals surface area contributed by atoms with Crippen LogP contribution < -0.4 is 0 Å². The van der Waals surface area contributed by atoms with Crippen molar-refractivity contribution in [2.45, 2.75) is 0 Å². The first-order valence-electron chi connectivity index (χ1n) is 4.31. The fourth-order valence-corrected chi connectivity index (χ4v) is 4.40. The van der Waals surface area contributed by atoms with E-state index in [-0.39, 0.29) is 0 Å². The number of hydrogen-bond acceptors (Lipinski definition) is 2. The summed E-state index contributed by atoms with van der Waals surface area (Å²) in [5.41, 5.74) is 1.39. The first-order chi connectivity index (χ1) is 6.95. The Labute approximate surface area is 92.9 Å². The lowest BCUT2D eigenvalue weighted by Crippen LogP contribution is -1.76. The third kappa shape index (κ3) is 1.29. The zero-order valence-corrected chi connectivity index (χ0v) is 9.72. The first-order valence-corrected chi connectivity index (χ1v) is 7.80. The fourth-order valence-electron chi connectivity index (χ4n) is 1.56. The van der Waals surface area contributed by atoms with Crippen molar-refractivity contribution >= 4 is 40.8 Å². The summed E-state index contributed by atoms with van der Waals surface area (Å²) >= 11 is 0. The normalized spacial score (nSPS) is 10.9. The van der Waals surface area contributed by atoms with E-state index in [4.69, 9.17) is 0 Å². The van der Waals surface area contributed by atoms with Gasteiger partial charge in [-0.2, -0.15) is 0 Å². The van der Waals surface area contributed by atoms with E-state index < -0.39 is 0 Å². The molecule has 0 atom stereocenters. The van der Waals surface area contributed by atoms with Gasteiger partial charge in [0.1, 0.15) is 30.0 Å². The summed E-state index contributed by atoms with van der Waals surface area (Å²) in [6.07, 6.45) is 0. The van der Waals surface area contributed by atoms with Crippen LogP contribution in [0.2, 0.25) is 0 Å². The molecule has 3 heteroatoms. The molecule has 68 valence electrons. The summed E-state index contributed by atoms with van der Waals surface area (Å²) in [5, 5.41) is 2.70. The van der Waals surface area contributed by atoms with Crippen LogP contribution in [0.15, 0.2) is 42.5 Å². The largest absolute Gasteiger partial charge is 0.247 e. The zero-order valence-electron chi connectivity index (χ0n) is 7.27. The molecule has 0 aliphatic heterocycles. The molecule has 0 N–H and O–H groups in total. The molecule has 0 nitrogen and oxygen atoms in total. The van der Waals surface area contributed by atoms with Gasteiger partial charge in [-0.15, -0.1) is 0 Å². The Morgan fingerprint density at radius 2 is 1.71 bits per heavy atom. The Hall–Kier alpha value is -0.770. The quantitative estimate of drug-likeness (QED) is 0.412. The lowest BCUT2D eigenvalue weighted by Gasteiger charge is -2.01. The Kier molecular flexibility index (Phi) is 2.09. The summed E-state index contributed by atoms with van der Waals surface area (Å²) in [4.78, 5) is 0. The van der Waals surface area contributed by atoms with Crippen molar-refractivity contribution < 1.29 is 0 Å². The Balaban J connectivity index is 2.36. The highest BCUT2D eigenvalue weighted by atomic mass is 33.3. The summed E-state index contributed by atoms with van der Waals surface area (Å²) < 4.78 is 1.44. The van der Waals surface area contributed by atoms with Crippen molar-refractivity contribution in [2.75, 3.05) is 0 Å². The van der Waals surface area contributed by atoms with Crippen molar-refractivity contribution in [1.82, 2.24) is 0 Å². The maximum absolute atomic E-state index is 2.21. The smallest absolute Gasteiger partial charge is 0.0616 e. The number of benzene rings is 2. The number of hydrogen-bond donors (Lipinski definition) is 0. The summed E-state index contributed by atoms with van der Waals surface area (Å²) in [6, 6.07) is 15.1. The van der Waals surface area contributed by atoms with Crippen LogP contribution in [0.5, 0.6) is 0 Å². The average Bonchev–Trinajstić information content (AvgIpc) is 2.16. The van der Waals surface area contributed by atoms with Crippen LogP contribution in [0.1, 0.15) is 0 Å². The van der Waals surface area contributed by atoms with Crippen LogP contribution >= 0.6 is 30.0 Å². The van der Waals surface area contributed by atoms with Gasteiger partial charge >= 0.3 is 0 Å². The summed E-state index contributed by atoms with van der Waals surface area (Å²) in [5.74, 6) is 0. The first kappa shape index (κ1) is 8.53. The molecular weight excluding hydrogens is 228 g/mol. The van der Waals surface area contributed by atoms with Crippen LogP contribution in [0.3, 0.4) is 0 Å². The van der Waals surface area contributed by atoms with Crippen molar-refractivity contribution in [3.63, 3.8) is 0 Å². The third-order valence-electron chi connectivity index (χ3n) is 2.23. The molecule has 0 saturated carbocycles. The minimum Gasteiger partial charge on any atom is -0.0616 e. The van der Waals surface area contributed by atoms with Crippen LogP contribution in [0.4, 0.5) is 0 Å². The number of rotatable bonds is 1. The second-order valence-corrected chi connectivity index (χ2v) is 7.23. The Bertz CT molecular complexity index is 548. The molecule has 0 amide bonds. The Morgan fingerprint density at radius 1 is 0.929 bits per heavy atom. The van der Waals surface area contributed by atoms with E-state index >= 15 is 0 Å². The summed E-state index contributed by atoms with van der Waals surface area (Å²) in [7, 11) is 5.58. The third-order valence-corrected chi connectivity index (χ3v) is 6.87. The topological polar surface area (TPSA) is 0 Å². The van der Waals surface area contributed by atoms with E-state index in [1.165, 1.54) is 20.5 Å². The minimum absolute atomic E-state index is 1.33. The van der Waals surface area contributed by atoms with Gasteiger partial charge in [-0.3, -0.25) is 0 Å². The van der Waals surface area contributed by atoms with E-state index in [9.17, 15) is 0 Å². The monoisotopic (exact) mass is 235 g/mol. The van der Waals surface area contributed by atoms with Crippen LogP contribution in [-0.2, 0) is 0 Å². The highest BCUT2D eigenvalue weighted by Crippen LogP contribution is 2.41. The van der Waals surface area contributed by atoms with Crippen molar-refractivity contribution in [3.8, 4) is 9.75 Å². The zero-order chi connectivity index (χ0) is 9.38. The highest BCUT2D eigenvalue weighted by Gasteiger charge is 2.13. The van der Waals surface area contributed by atoms with Crippen LogP contribution in [0.25, 0.3) is 20.5 Å². The molecule has 0 bridgehead atoms. The maximum atomic E-state index is 2.21. The second-order valence-electron chi connectivity index (χ2n) is 3.05. The van der Waals surface area contributed by atoms with Gasteiger partial charge in [0, 0.05) is 5.56 Å². The van der Waals surface area contributed by atoms with Gasteiger partial charge in [0.15, 0.2) is 0 Å². The van der Waals surface area contributed by atoms with E-state index in [1.807, 2.05) is 30.0 Å². The van der Waals surface area contributed by atoms with E-state index in [0.29, 0.717) is 0 Å². The molecule has 3 aromatic rings. The predicted molar refractivity (Wildman–Crippen MR) is 67.4 cm³/mol. The van der Waals surface area contributed by atoms with Crippen molar-refractivity contribution in [2.24, 2.45) is 0 Å². The molecule has 0 saturated heterocycles. The van der Waals surface area contributed by atoms with E-state index in [0.717, 1.165) is 0 Å². The molecule has 0 aliphatic carbocycles. The lowest BCUT2D eigenvalue weighted by molar-refractivity contribution is 1.75. The van der Waals surface area contributed by atoms with Gasteiger partial charge in [-0.25, -0.2) is 0 Å². The van der Waals surface area contributed by atoms with Gasteiger partial charge in [-0.1, -0.05) is 36.4 Å².